The summed E-state index contributed by atoms with van der Waals surface area (Å²) in [5.74, 6) is -0.134. The van der Waals surface area contributed by atoms with Gasteiger partial charge in [0, 0.05) is 19.8 Å². The monoisotopic (exact) mass is 222 g/mol. The van der Waals surface area contributed by atoms with Crippen molar-refractivity contribution < 1.29 is 14.3 Å². The van der Waals surface area contributed by atoms with Crippen LogP contribution in [0.1, 0.15) is 27.0 Å². The molecule has 1 aromatic rings. The molecule has 3 heteroatoms. The number of benzene rings is 1. The predicted molar refractivity (Wildman–Crippen MR) is 62.8 cm³/mol. The third-order valence-corrected chi connectivity index (χ3v) is 2.97. The zero-order valence-corrected chi connectivity index (χ0v) is 10.5. The lowest BCUT2D eigenvalue weighted by Crippen LogP contribution is -2.25. The molecule has 0 atom stereocenters. The Morgan fingerprint density at radius 3 is 2.12 bits per heavy atom. The van der Waals surface area contributed by atoms with Crippen molar-refractivity contribution in [2.45, 2.75) is 27.1 Å². The normalized spacial score (nSPS) is 10.9. The quantitative estimate of drug-likeness (QED) is 0.579. The lowest BCUT2D eigenvalue weighted by molar-refractivity contribution is -0.0742. The molecule has 1 rings (SSSR count). The van der Waals surface area contributed by atoms with E-state index in [1.807, 2.05) is 32.9 Å². The van der Waals surface area contributed by atoms with Gasteiger partial charge in [-0.3, -0.25) is 4.79 Å². The molecule has 0 radical (unpaired) electrons. The van der Waals surface area contributed by atoms with Gasteiger partial charge in [0.25, 0.3) is 0 Å². The summed E-state index contributed by atoms with van der Waals surface area (Å²) in [4.78, 5) is 12.0. The molecule has 16 heavy (non-hydrogen) atoms. The lowest BCUT2D eigenvalue weighted by Gasteiger charge is -2.15. The van der Waals surface area contributed by atoms with Gasteiger partial charge in [0.1, 0.15) is 0 Å². The summed E-state index contributed by atoms with van der Waals surface area (Å²) in [6.07, 6.45) is -0.819. The Kier molecular flexibility index (Phi) is 4.21. The summed E-state index contributed by atoms with van der Waals surface area (Å²) in [5.41, 5.74) is 3.97. The van der Waals surface area contributed by atoms with Crippen LogP contribution in [0, 0.1) is 20.8 Å². The van der Waals surface area contributed by atoms with Gasteiger partial charge < -0.3 is 9.47 Å². The number of hydrogen-bond donors (Lipinski definition) is 0. The fourth-order valence-electron chi connectivity index (χ4n) is 1.66. The Hall–Kier alpha value is -1.19. The molecule has 0 aliphatic carbocycles. The van der Waals surface area contributed by atoms with Crippen molar-refractivity contribution >= 4 is 5.78 Å². The van der Waals surface area contributed by atoms with Crippen LogP contribution >= 0.6 is 0 Å². The van der Waals surface area contributed by atoms with Gasteiger partial charge in [0.2, 0.25) is 12.1 Å². The molecule has 0 saturated carbocycles. The van der Waals surface area contributed by atoms with Crippen molar-refractivity contribution in [1.29, 1.82) is 0 Å². The molecular formula is C13H18O3. The summed E-state index contributed by atoms with van der Waals surface area (Å²) in [5, 5.41) is 0. The summed E-state index contributed by atoms with van der Waals surface area (Å²) < 4.78 is 9.94. The highest BCUT2D eigenvalue weighted by Gasteiger charge is 2.21. The molecule has 0 bridgehead atoms. The Morgan fingerprint density at radius 1 is 1.06 bits per heavy atom. The SMILES string of the molecule is COC(OC)C(=O)c1ccc(C)c(C)c1C. The number of rotatable bonds is 4. The number of Topliss-reactive ketones (excluding diaryl/α,β-unsaturated/α-hetero) is 1. The summed E-state index contributed by atoms with van der Waals surface area (Å²) in [6.45, 7) is 5.98. The summed E-state index contributed by atoms with van der Waals surface area (Å²) >= 11 is 0. The second kappa shape index (κ2) is 5.23. The smallest absolute Gasteiger partial charge is 0.222 e. The first-order valence-corrected chi connectivity index (χ1v) is 5.19. The zero-order valence-electron chi connectivity index (χ0n) is 10.5. The van der Waals surface area contributed by atoms with Crippen LogP contribution < -0.4 is 0 Å². The van der Waals surface area contributed by atoms with E-state index >= 15 is 0 Å². The minimum atomic E-state index is -0.819. The third-order valence-electron chi connectivity index (χ3n) is 2.97. The summed E-state index contributed by atoms with van der Waals surface area (Å²) in [7, 11) is 2.92. The van der Waals surface area contributed by atoms with E-state index < -0.39 is 6.29 Å². The molecular weight excluding hydrogens is 204 g/mol. The fraction of sp³-hybridized carbons (Fsp3) is 0.462. The van der Waals surface area contributed by atoms with Crippen LogP contribution in [0.3, 0.4) is 0 Å². The number of hydrogen-bond acceptors (Lipinski definition) is 3. The van der Waals surface area contributed by atoms with Crippen molar-refractivity contribution in [1.82, 2.24) is 0 Å². The van der Waals surface area contributed by atoms with Crippen LogP contribution in [0.4, 0.5) is 0 Å². The van der Waals surface area contributed by atoms with Crippen LogP contribution in [0.2, 0.25) is 0 Å². The van der Waals surface area contributed by atoms with Crippen molar-refractivity contribution in [3.8, 4) is 0 Å². The van der Waals surface area contributed by atoms with Crippen molar-refractivity contribution in [3.63, 3.8) is 0 Å². The van der Waals surface area contributed by atoms with Crippen LogP contribution in [0.5, 0.6) is 0 Å². The van der Waals surface area contributed by atoms with Crippen molar-refractivity contribution in [3.05, 3.63) is 34.4 Å². The minimum Gasteiger partial charge on any atom is -0.349 e. The standard InChI is InChI=1S/C13H18O3/c1-8-6-7-11(10(3)9(8)2)12(14)13(15-4)16-5/h6-7,13H,1-5H3. The molecule has 0 aliphatic rings. The maximum absolute atomic E-state index is 12.0. The van der Waals surface area contributed by atoms with Gasteiger partial charge in [-0.05, 0) is 37.5 Å². The first-order valence-electron chi connectivity index (χ1n) is 5.19. The largest absolute Gasteiger partial charge is 0.349 e. The maximum Gasteiger partial charge on any atom is 0.222 e. The second-order valence-corrected chi connectivity index (χ2v) is 3.85. The second-order valence-electron chi connectivity index (χ2n) is 3.85. The van der Waals surface area contributed by atoms with Crippen LogP contribution in [0.15, 0.2) is 12.1 Å². The number of aryl methyl sites for hydroxylation is 1. The molecule has 0 spiro atoms. The van der Waals surface area contributed by atoms with Crippen molar-refractivity contribution in [2.75, 3.05) is 14.2 Å². The lowest BCUT2D eigenvalue weighted by atomic mass is 9.96. The highest BCUT2D eigenvalue weighted by molar-refractivity contribution is 6.00. The van der Waals surface area contributed by atoms with E-state index in [9.17, 15) is 4.79 Å². The minimum absolute atomic E-state index is 0.134. The first kappa shape index (κ1) is 12.9. The number of carbonyl (C=O) groups is 1. The molecule has 1 aromatic carbocycles. The molecule has 0 heterocycles. The Bertz CT molecular complexity index is 392. The maximum atomic E-state index is 12.0. The zero-order chi connectivity index (χ0) is 12.3. The van der Waals surface area contributed by atoms with Crippen molar-refractivity contribution in [2.24, 2.45) is 0 Å². The number of ketones is 1. The summed E-state index contributed by atoms with van der Waals surface area (Å²) in [6, 6.07) is 3.77. The average Bonchev–Trinajstić information content (AvgIpc) is 2.27. The molecule has 0 fully saturated rings. The van der Waals surface area contributed by atoms with Crippen LogP contribution in [-0.4, -0.2) is 26.3 Å². The third kappa shape index (κ3) is 2.31. The molecule has 0 aliphatic heterocycles. The van der Waals surface area contributed by atoms with Gasteiger partial charge in [0.15, 0.2) is 0 Å². The van der Waals surface area contributed by atoms with Gasteiger partial charge in [-0.15, -0.1) is 0 Å². The molecule has 0 amide bonds. The highest BCUT2D eigenvalue weighted by Crippen LogP contribution is 2.19. The van der Waals surface area contributed by atoms with Gasteiger partial charge in [0.05, 0.1) is 0 Å². The van der Waals surface area contributed by atoms with Gasteiger partial charge >= 0.3 is 0 Å². The van der Waals surface area contributed by atoms with E-state index in [1.165, 1.54) is 19.8 Å². The van der Waals surface area contributed by atoms with E-state index in [-0.39, 0.29) is 5.78 Å². The molecule has 88 valence electrons. The van der Waals surface area contributed by atoms with E-state index in [0.29, 0.717) is 5.56 Å². The van der Waals surface area contributed by atoms with E-state index in [4.69, 9.17) is 9.47 Å². The van der Waals surface area contributed by atoms with E-state index in [2.05, 4.69) is 0 Å². The molecule has 3 nitrogen and oxygen atoms in total. The first-order chi connectivity index (χ1) is 7.52. The Morgan fingerprint density at radius 2 is 1.62 bits per heavy atom. The van der Waals surface area contributed by atoms with Crippen LogP contribution in [0.25, 0.3) is 0 Å². The number of methoxy groups -OCH3 is 2. The molecule has 0 N–H and O–H groups in total. The van der Waals surface area contributed by atoms with Gasteiger partial charge in [-0.25, -0.2) is 0 Å². The molecule has 0 unspecified atom stereocenters. The Balaban J connectivity index is 3.14. The average molecular weight is 222 g/mol. The van der Waals surface area contributed by atoms with Gasteiger partial charge in [-0.1, -0.05) is 12.1 Å². The fourth-order valence-corrected chi connectivity index (χ4v) is 1.66. The predicted octanol–water partition coefficient (Wildman–Crippen LogP) is 2.41. The molecule has 0 aromatic heterocycles. The van der Waals surface area contributed by atoms with E-state index in [1.54, 1.807) is 0 Å². The highest BCUT2D eigenvalue weighted by atomic mass is 16.7. The topological polar surface area (TPSA) is 35.5 Å². The van der Waals surface area contributed by atoms with Gasteiger partial charge in [-0.2, -0.15) is 0 Å². The number of ether oxygens (including phenoxy) is 2. The number of carbonyl (C=O) groups excluding carboxylic acids is 1. The van der Waals surface area contributed by atoms with Crippen LogP contribution in [-0.2, 0) is 9.47 Å². The Labute approximate surface area is 96.4 Å². The van der Waals surface area contributed by atoms with E-state index in [0.717, 1.165) is 11.1 Å². The molecule has 0 saturated heterocycles.